The van der Waals surface area contributed by atoms with Crippen LogP contribution in [-0.4, -0.2) is 15.0 Å². The standard InChI is InChI=1S/C15H26N2O2S/c1-4-6-8-13(5-2)11-17-20(18,19)15-10-7-9-14(16)12(15)3/h7,9-10,13,17H,4-6,8,11,16H2,1-3H3. The van der Waals surface area contributed by atoms with Crippen molar-refractivity contribution in [2.24, 2.45) is 5.92 Å². The second-order valence-electron chi connectivity index (χ2n) is 5.24. The van der Waals surface area contributed by atoms with Crippen molar-refractivity contribution in [2.45, 2.75) is 51.3 Å². The van der Waals surface area contributed by atoms with Crippen molar-refractivity contribution in [2.75, 3.05) is 12.3 Å². The summed E-state index contributed by atoms with van der Waals surface area (Å²) in [5, 5.41) is 0. The minimum absolute atomic E-state index is 0.280. The van der Waals surface area contributed by atoms with Gasteiger partial charge in [-0.3, -0.25) is 0 Å². The Balaban J connectivity index is 2.77. The van der Waals surface area contributed by atoms with E-state index in [0.29, 0.717) is 23.7 Å². The first-order chi connectivity index (χ1) is 9.42. The number of hydrogen-bond donors (Lipinski definition) is 2. The molecule has 0 spiro atoms. The van der Waals surface area contributed by atoms with E-state index in [1.54, 1.807) is 25.1 Å². The van der Waals surface area contributed by atoms with Crippen LogP contribution in [0.1, 0.15) is 45.1 Å². The van der Waals surface area contributed by atoms with Gasteiger partial charge in [-0.2, -0.15) is 0 Å². The number of anilines is 1. The normalized spacial score (nSPS) is 13.3. The van der Waals surface area contributed by atoms with Crippen LogP contribution in [0.15, 0.2) is 23.1 Å². The Kier molecular flexibility index (Phi) is 6.49. The molecule has 5 heteroatoms. The number of sulfonamides is 1. The minimum atomic E-state index is -3.47. The molecule has 0 radical (unpaired) electrons. The van der Waals surface area contributed by atoms with Crippen molar-refractivity contribution in [1.29, 1.82) is 0 Å². The molecule has 1 atom stereocenters. The van der Waals surface area contributed by atoms with Crippen molar-refractivity contribution in [3.05, 3.63) is 23.8 Å². The van der Waals surface area contributed by atoms with Gasteiger partial charge in [-0.15, -0.1) is 0 Å². The summed E-state index contributed by atoms with van der Waals surface area (Å²) in [7, 11) is -3.47. The quantitative estimate of drug-likeness (QED) is 0.724. The zero-order valence-electron chi connectivity index (χ0n) is 12.6. The fourth-order valence-electron chi connectivity index (χ4n) is 2.17. The number of nitrogens with two attached hydrogens (primary N) is 1. The van der Waals surface area contributed by atoms with Crippen LogP contribution in [0.2, 0.25) is 0 Å². The molecule has 0 heterocycles. The first-order valence-corrected chi connectivity index (χ1v) is 8.75. The van der Waals surface area contributed by atoms with E-state index in [1.807, 2.05) is 0 Å². The van der Waals surface area contributed by atoms with Crippen LogP contribution >= 0.6 is 0 Å². The van der Waals surface area contributed by atoms with E-state index in [1.165, 1.54) is 0 Å². The van der Waals surface area contributed by atoms with Gasteiger partial charge in [0.05, 0.1) is 4.90 Å². The van der Waals surface area contributed by atoms with E-state index >= 15 is 0 Å². The fraction of sp³-hybridized carbons (Fsp3) is 0.600. The summed E-state index contributed by atoms with van der Waals surface area (Å²) >= 11 is 0. The van der Waals surface area contributed by atoms with Crippen LogP contribution < -0.4 is 10.5 Å². The molecular formula is C15H26N2O2S. The first-order valence-electron chi connectivity index (χ1n) is 7.27. The van der Waals surface area contributed by atoms with Gasteiger partial charge < -0.3 is 5.73 Å². The summed E-state index contributed by atoms with van der Waals surface area (Å²) in [6, 6.07) is 4.98. The summed E-state index contributed by atoms with van der Waals surface area (Å²) in [6.07, 6.45) is 4.32. The molecule has 0 saturated carbocycles. The molecule has 0 amide bonds. The third-order valence-electron chi connectivity index (χ3n) is 3.72. The fourth-order valence-corrected chi connectivity index (χ4v) is 3.56. The van der Waals surface area contributed by atoms with Crippen molar-refractivity contribution < 1.29 is 8.42 Å². The molecule has 4 nitrogen and oxygen atoms in total. The predicted octanol–water partition coefficient (Wildman–Crippen LogP) is 3.07. The Morgan fingerprint density at radius 3 is 2.60 bits per heavy atom. The van der Waals surface area contributed by atoms with Crippen molar-refractivity contribution in [1.82, 2.24) is 4.72 Å². The lowest BCUT2D eigenvalue weighted by Crippen LogP contribution is -2.30. The highest BCUT2D eigenvalue weighted by molar-refractivity contribution is 7.89. The highest BCUT2D eigenvalue weighted by Crippen LogP contribution is 2.21. The Bertz CT molecular complexity index is 527. The number of nitrogens with one attached hydrogen (secondary N) is 1. The molecule has 114 valence electrons. The molecule has 3 N–H and O–H groups in total. The number of nitrogen functional groups attached to an aromatic ring is 1. The summed E-state index contributed by atoms with van der Waals surface area (Å²) in [4.78, 5) is 0.280. The maximum absolute atomic E-state index is 12.3. The topological polar surface area (TPSA) is 72.2 Å². The lowest BCUT2D eigenvalue weighted by atomic mass is 10.00. The summed E-state index contributed by atoms with van der Waals surface area (Å²) < 4.78 is 27.4. The van der Waals surface area contributed by atoms with Gasteiger partial charge in [0.1, 0.15) is 0 Å². The van der Waals surface area contributed by atoms with E-state index in [4.69, 9.17) is 5.73 Å². The van der Waals surface area contributed by atoms with E-state index in [0.717, 1.165) is 25.7 Å². The first kappa shape index (κ1) is 17.0. The lowest BCUT2D eigenvalue weighted by Gasteiger charge is -2.16. The summed E-state index contributed by atoms with van der Waals surface area (Å²) in [5.41, 5.74) is 6.89. The Hall–Kier alpha value is -1.07. The molecule has 0 aliphatic carbocycles. The molecule has 0 bridgehead atoms. The van der Waals surface area contributed by atoms with Crippen LogP contribution in [0.5, 0.6) is 0 Å². The van der Waals surface area contributed by atoms with Gasteiger partial charge in [-0.1, -0.05) is 39.2 Å². The Labute approximate surface area is 122 Å². The molecule has 1 unspecified atom stereocenters. The van der Waals surface area contributed by atoms with Gasteiger partial charge >= 0.3 is 0 Å². The van der Waals surface area contributed by atoms with Crippen molar-refractivity contribution >= 4 is 15.7 Å². The predicted molar refractivity (Wildman–Crippen MR) is 84.1 cm³/mol. The van der Waals surface area contributed by atoms with Gasteiger partial charge in [0.2, 0.25) is 10.0 Å². The number of unbranched alkanes of at least 4 members (excludes halogenated alkanes) is 1. The summed E-state index contributed by atoms with van der Waals surface area (Å²) in [6.45, 7) is 6.47. The van der Waals surface area contributed by atoms with Crippen LogP contribution in [0, 0.1) is 12.8 Å². The molecule has 0 fully saturated rings. The van der Waals surface area contributed by atoms with Gasteiger partial charge in [0.25, 0.3) is 0 Å². The second-order valence-corrected chi connectivity index (χ2v) is 6.97. The van der Waals surface area contributed by atoms with Gasteiger partial charge in [0.15, 0.2) is 0 Å². The second kappa shape index (κ2) is 7.64. The molecule has 0 saturated heterocycles. The Morgan fingerprint density at radius 1 is 1.30 bits per heavy atom. The van der Waals surface area contributed by atoms with E-state index in [9.17, 15) is 8.42 Å². The molecule has 1 aromatic carbocycles. The zero-order valence-corrected chi connectivity index (χ0v) is 13.5. The average Bonchev–Trinajstić information content (AvgIpc) is 2.42. The highest BCUT2D eigenvalue weighted by atomic mass is 32.2. The van der Waals surface area contributed by atoms with Crippen LogP contribution in [0.4, 0.5) is 5.69 Å². The van der Waals surface area contributed by atoms with Gasteiger partial charge in [-0.05, 0) is 37.0 Å². The number of hydrogen-bond acceptors (Lipinski definition) is 3. The molecule has 20 heavy (non-hydrogen) atoms. The van der Waals surface area contributed by atoms with Crippen molar-refractivity contribution in [3.63, 3.8) is 0 Å². The molecule has 1 rings (SSSR count). The SMILES string of the molecule is CCCCC(CC)CNS(=O)(=O)c1cccc(N)c1C. The molecule has 0 aliphatic heterocycles. The number of benzene rings is 1. The Morgan fingerprint density at radius 2 is 2.00 bits per heavy atom. The maximum Gasteiger partial charge on any atom is 0.240 e. The molecule has 0 aliphatic rings. The minimum Gasteiger partial charge on any atom is -0.398 e. The van der Waals surface area contributed by atoms with E-state index in [-0.39, 0.29) is 4.90 Å². The molecule has 0 aromatic heterocycles. The van der Waals surface area contributed by atoms with Crippen LogP contribution in [-0.2, 0) is 10.0 Å². The van der Waals surface area contributed by atoms with Crippen molar-refractivity contribution in [3.8, 4) is 0 Å². The smallest absolute Gasteiger partial charge is 0.240 e. The molecule has 1 aromatic rings. The zero-order chi connectivity index (χ0) is 15.2. The maximum atomic E-state index is 12.3. The highest BCUT2D eigenvalue weighted by Gasteiger charge is 2.19. The van der Waals surface area contributed by atoms with E-state index < -0.39 is 10.0 Å². The number of rotatable bonds is 8. The van der Waals surface area contributed by atoms with Crippen LogP contribution in [0.3, 0.4) is 0 Å². The molecular weight excluding hydrogens is 272 g/mol. The van der Waals surface area contributed by atoms with Gasteiger partial charge in [0, 0.05) is 12.2 Å². The average molecular weight is 298 g/mol. The lowest BCUT2D eigenvalue weighted by molar-refractivity contribution is 0.443. The van der Waals surface area contributed by atoms with E-state index in [2.05, 4.69) is 18.6 Å². The van der Waals surface area contributed by atoms with Gasteiger partial charge in [-0.25, -0.2) is 13.1 Å². The third-order valence-corrected chi connectivity index (χ3v) is 5.29. The largest absolute Gasteiger partial charge is 0.398 e. The third kappa shape index (κ3) is 4.49. The van der Waals surface area contributed by atoms with Crippen LogP contribution in [0.25, 0.3) is 0 Å². The monoisotopic (exact) mass is 298 g/mol. The summed E-state index contributed by atoms with van der Waals surface area (Å²) in [5.74, 6) is 0.395.